The molecule has 6 nitrogen and oxygen atoms in total. The van der Waals surface area contributed by atoms with E-state index in [2.05, 4.69) is 12.2 Å². The third kappa shape index (κ3) is 4.90. The Morgan fingerprint density at radius 1 is 1.00 bits per heavy atom. The van der Waals surface area contributed by atoms with Crippen LogP contribution in [0.4, 0.5) is 5.69 Å². The van der Waals surface area contributed by atoms with E-state index >= 15 is 0 Å². The summed E-state index contributed by atoms with van der Waals surface area (Å²) in [6.07, 6.45) is 9.83. The zero-order valence-corrected chi connectivity index (χ0v) is 18.0. The summed E-state index contributed by atoms with van der Waals surface area (Å²) in [6.45, 7) is 3.84. The molecule has 1 saturated heterocycles. The first-order chi connectivity index (χ1) is 14.6. The number of benzene rings is 1. The predicted molar refractivity (Wildman–Crippen MR) is 115 cm³/mol. The van der Waals surface area contributed by atoms with E-state index < -0.39 is 0 Å². The second kappa shape index (κ2) is 9.71. The molecule has 4 rings (SSSR count). The smallest absolute Gasteiger partial charge is 0.231 e. The maximum absolute atomic E-state index is 12.9. The van der Waals surface area contributed by atoms with Crippen LogP contribution < -0.4 is 14.8 Å². The zero-order chi connectivity index (χ0) is 20.9. The van der Waals surface area contributed by atoms with Crippen molar-refractivity contribution in [1.29, 1.82) is 0 Å². The van der Waals surface area contributed by atoms with Gasteiger partial charge in [-0.3, -0.25) is 9.59 Å². The number of likely N-dealkylation sites (tertiary alicyclic amines) is 1. The van der Waals surface area contributed by atoms with Gasteiger partial charge in [0, 0.05) is 36.7 Å². The molecular weight excluding hydrogens is 380 g/mol. The Morgan fingerprint density at radius 2 is 1.73 bits per heavy atom. The third-order valence-electron chi connectivity index (χ3n) is 6.98. The first-order valence-corrected chi connectivity index (χ1v) is 11.6. The highest BCUT2D eigenvalue weighted by atomic mass is 16.7. The van der Waals surface area contributed by atoms with Crippen LogP contribution in [0.2, 0.25) is 0 Å². The van der Waals surface area contributed by atoms with Gasteiger partial charge < -0.3 is 19.7 Å². The normalized spacial score (nSPS) is 24.0. The van der Waals surface area contributed by atoms with E-state index in [1.165, 1.54) is 32.1 Å². The van der Waals surface area contributed by atoms with E-state index in [1.54, 1.807) is 6.07 Å². The van der Waals surface area contributed by atoms with Gasteiger partial charge in [-0.2, -0.15) is 0 Å². The monoisotopic (exact) mass is 414 g/mol. The van der Waals surface area contributed by atoms with Gasteiger partial charge in [0.25, 0.3) is 0 Å². The average Bonchev–Trinajstić information content (AvgIpc) is 3.25. The summed E-state index contributed by atoms with van der Waals surface area (Å²) < 4.78 is 10.7. The molecule has 0 spiro atoms. The van der Waals surface area contributed by atoms with Crippen LogP contribution in [0.5, 0.6) is 11.5 Å². The van der Waals surface area contributed by atoms with Gasteiger partial charge in [-0.05, 0) is 56.6 Å². The van der Waals surface area contributed by atoms with Crippen LogP contribution in [-0.2, 0) is 9.59 Å². The number of carbonyl (C=O) groups excluding carboxylic acids is 2. The molecule has 1 aliphatic carbocycles. The van der Waals surface area contributed by atoms with E-state index in [0.717, 1.165) is 37.3 Å². The number of hydrogen-bond acceptors (Lipinski definition) is 4. The molecule has 0 radical (unpaired) electrons. The van der Waals surface area contributed by atoms with Crippen molar-refractivity contribution in [3.05, 3.63) is 18.2 Å². The molecule has 6 heteroatoms. The largest absolute Gasteiger partial charge is 0.454 e. The number of ether oxygens (including phenoxy) is 2. The fraction of sp³-hybridized carbons (Fsp3) is 0.667. The number of hydrogen-bond donors (Lipinski definition) is 1. The highest BCUT2D eigenvalue weighted by molar-refractivity contribution is 5.93. The molecule has 3 aliphatic rings. The van der Waals surface area contributed by atoms with Gasteiger partial charge in [-0.15, -0.1) is 0 Å². The molecule has 2 amide bonds. The van der Waals surface area contributed by atoms with Crippen LogP contribution in [0.25, 0.3) is 0 Å². The van der Waals surface area contributed by atoms with Gasteiger partial charge >= 0.3 is 0 Å². The Balaban J connectivity index is 1.22. The minimum absolute atomic E-state index is 0.0254. The van der Waals surface area contributed by atoms with Crippen molar-refractivity contribution in [2.24, 2.45) is 17.8 Å². The molecule has 0 atom stereocenters. The summed E-state index contributed by atoms with van der Waals surface area (Å²) in [6, 6.07) is 5.45. The van der Waals surface area contributed by atoms with Crippen molar-refractivity contribution >= 4 is 17.5 Å². The Hall–Kier alpha value is -2.24. The van der Waals surface area contributed by atoms with Crippen LogP contribution in [0.3, 0.4) is 0 Å². The summed E-state index contributed by atoms with van der Waals surface area (Å²) in [4.78, 5) is 27.6. The summed E-state index contributed by atoms with van der Waals surface area (Å²) >= 11 is 0. The maximum Gasteiger partial charge on any atom is 0.231 e. The fourth-order valence-electron chi connectivity index (χ4n) is 5.03. The summed E-state index contributed by atoms with van der Waals surface area (Å²) in [5.74, 6) is 2.68. The molecule has 1 aromatic carbocycles. The van der Waals surface area contributed by atoms with Gasteiger partial charge in [0.1, 0.15) is 0 Å². The molecule has 2 heterocycles. The second-order valence-corrected chi connectivity index (χ2v) is 9.02. The topological polar surface area (TPSA) is 67.9 Å². The van der Waals surface area contributed by atoms with Crippen LogP contribution in [0.15, 0.2) is 18.2 Å². The Morgan fingerprint density at radius 3 is 2.47 bits per heavy atom. The third-order valence-corrected chi connectivity index (χ3v) is 6.98. The first-order valence-electron chi connectivity index (χ1n) is 11.6. The van der Waals surface area contributed by atoms with Gasteiger partial charge in [-0.1, -0.05) is 26.2 Å². The van der Waals surface area contributed by atoms with Crippen molar-refractivity contribution in [2.45, 2.75) is 64.7 Å². The molecule has 2 aliphatic heterocycles. The maximum atomic E-state index is 12.9. The van der Waals surface area contributed by atoms with Gasteiger partial charge in [0.15, 0.2) is 11.5 Å². The predicted octanol–water partition coefficient (Wildman–Crippen LogP) is 4.59. The van der Waals surface area contributed by atoms with E-state index in [0.29, 0.717) is 30.5 Å². The van der Waals surface area contributed by atoms with Crippen molar-refractivity contribution < 1.29 is 19.1 Å². The van der Waals surface area contributed by atoms with Gasteiger partial charge in [-0.25, -0.2) is 0 Å². The van der Waals surface area contributed by atoms with Gasteiger partial charge in [0.05, 0.1) is 0 Å². The number of rotatable bonds is 6. The lowest BCUT2D eigenvalue weighted by Crippen LogP contribution is -2.44. The molecule has 30 heavy (non-hydrogen) atoms. The van der Waals surface area contributed by atoms with Crippen molar-refractivity contribution in [3.8, 4) is 11.5 Å². The molecular formula is C24H34N2O4. The zero-order valence-electron chi connectivity index (χ0n) is 18.0. The lowest BCUT2D eigenvalue weighted by atomic mass is 9.79. The van der Waals surface area contributed by atoms with Crippen molar-refractivity contribution in [2.75, 3.05) is 25.2 Å². The van der Waals surface area contributed by atoms with Gasteiger partial charge in [0.2, 0.25) is 18.6 Å². The van der Waals surface area contributed by atoms with E-state index in [9.17, 15) is 9.59 Å². The quantitative estimate of drug-likeness (QED) is 0.739. The number of nitrogens with zero attached hydrogens (tertiary/aromatic N) is 1. The average molecular weight is 415 g/mol. The summed E-state index contributed by atoms with van der Waals surface area (Å²) in [5.41, 5.74) is 0.725. The summed E-state index contributed by atoms with van der Waals surface area (Å²) in [7, 11) is 0. The Bertz CT molecular complexity index is 750. The Labute approximate surface area is 179 Å². The molecule has 1 aromatic rings. The SMILES string of the molecule is CCCCC1CCC(C(=O)N2CCC(C(=O)Nc3ccc4c(c3)OCO4)CC2)CC1. The molecule has 1 saturated carbocycles. The molecule has 164 valence electrons. The molecule has 0 bridgehead atoms. The number of nitrogens with one attached hydrogen (secondary N) is 1. The lowest BCUT2D eigenvalue weighted by Gasteiger charge is -2.36. The number of fused-ring (bicyclic) bond motifs is 1. The minimum atomic E-state index is -0.0516. The van der Waals surface area contributed by atoms with E-state index in [4.69, 9.17) is 9.47 Å². The fourth-order valence-corrected chi connectivity index (χ4v) is 5.03. The van der Waals surface area contributed by atoms with E-state index in [-0.39, 0.29) is 24.5 Å². The van der Waals surface area contributed by atoms with Crippen LogP contribution >= 0.6 is 0 Å². The first kappa shape index (κ1) is 21.0. The van der Waals surface area contributed by atoms with Crippen LogP contribution in [0.1, 0.15) is 64.7 Å². The number of unbranched alkanes of at least 4 members (excludes halogenated alkanes) is 1. The van der Waals surface area contributed by atoms with Crippen LogP contribution in [0, 0.1) is 17.8 Å². The number of piperidine rings is 1. The standard InChI is InChI=1S/C24H34N2O4/c1-2-3-4-17-5-7-19(8-6-17)24(28)26-13-11-18(12-14-26)23(27)25-20-9-10-21-22(15-20)30-16-29-21/h9-10,15,17-19H,2-8,11-14,16H2,1H3,(H,25,27). The number of anilines is 1. The lowest BCUT2D eigenvalue weighted by molar-refractivity contribution is -0.139. The Kier molecular flexibility index (Phi) is 6.80. The molecule has 0 aromatic heterocycles. The highest BCUT2D eigenvalue weighted by Crippen LogP contribution is 2.35. The van der Waals surface area contributed by atoms with Crippen molar-refractivity contribution in [3.63, 3.8) is 0 Å². The molecule has 0 unspecified atom stereocenters. The van der Waals surface area contributed by atoms with Crippen LogP contribution in [-0.4, -0.2) is 36.6 Å². The number of carbonyl (C=O) groups is 2. The molecule has 1 N–H and O–H groups in total. The van der Waals surface area contributed by atoms with Crippen molar-refractivity contribution in [1.82, 2.24) is 4.90 Å². The second-order valence-electron chi connectivity index (χ2n) is 9.02. The van der Waals surface area contributed by atoms with E-state index in [1.807, 2.05) is 17.0 Å². The number of amides is 2. The highest BCUT2D eigenvalue weighted by Gasteiger charge is 2.33. The summed E-state index contributed by atoms with van der Waals surface area (Å²) in [5, 5.41) is 2.99. The minimum Gasteiger partial charge on any atom is -0.454 e. The molecule has 2 fully saturated rings.